The number of benzene rings is 1. The number of rotatable bonds is 8. The topological polar surface area (TPSA) is 120 Å². The van der Waals surface area contributed by atoms with Crippen LogP contribution in [0.5, 0.6) is 11.5 Å². The van der Waals surface area contributed by atoms with Gasteiger partial charge in [0.2, 0.25) is 12.7 Å². The van der Waals surface area contributed by atoms with Gasteiger partial charge in [0, 0.05) is 50.6 Å². The minimum atomic E-state index is -0.0180. The van der Waals surface area contributed by atoms with Crippen LogP contribution in [-0.2, 0) is 11.3 Å². The second kappa shape index (κ2) is 9.11. The van der Waals surface area contributed by atoms with Gasteiger partial charge in [0.1, 0.15) is 6.33 Å². The number of nitrogens with one attached hydrogen (secondary N) is 1. The number of imidazole rings is 1. The Morgan fingerprint density at radius 2 is 2.03 bits per heavy atom. The Morgan fingerprint density at radius 3 is 2.75 bits per heavy atom. The van der Waals surface area contributed by atoms with Gasteiger partial charge in [-0.15, -0.1) is 0 Å². The molecule has 1 aliphatic rings. The van der Waals surface area contributed by atoms with Crippen molar-refractivity contribution in [2.45, 2.75) is 36.9 Å². The number of aromatic nitrogens is 4. The first-order valence-corrected chi connectivity index (χ1v) is 11.2. The Hall–Kier alpha value is -3.21. The summed E-state index contributed by atoms with van der Waals surface area (Å²) >= 11 is 1.46. The first kappa shape index (κ1) is 22.0. The van der Waals surface area contributed by atoms with E-state index < -0.39 is 0 Å². The van der Waals surface area contributed by atoms with Crippen molar-refractivity contribution in [1.29, 1.82) is 0 Å². The van der Waals surface area contributed by atoms with Crippen LogP contribution in [0.4, 0.5) is 11.5 Å². The number of carbonyl (C=O) groups excluding carboxylic acids is 1. The molecule has 0 radical (unpaired) electrons. The summed E-state index contributed by atoms with van der Waals surface area (Å²) in [5, 5.41) is 3.62. The van der Waals surface area contributed by atoms with Crippen molar-refractivity contribution in [3.05, 3.63) is 18.5 Å². The minimum Gasteiger partial charge on any atom is -0.454 e. The maximum absolute atomic E-state index is 12.3. The van der Waals surface area contributed by atoms with E-state index in [1.807, 2.05) is 35.7 Å². The lowest BCUT2D eigenvalue weighted by Gasteiger charge is -2.18. The lowest BCUT2D eigenvalue weighted by Crippen LogP contribution is -2.28. The van der Waals surface area contributed by atoms with Crippen LogP contribution < -0.4 is 25.4 Å². The highest BCUT2D eigenvalue weighted by Crippen LogP contribution is 2.44. The minimum absolute atomic E-state index is 0.0180. The number of nitrogen functional groups attached to an aromatic ring is 1. The molecule has 1 aliphatic heterocycles. The van der Waals surface area contributed by atoms with E-state index >= 15 is 0 Å². The molecular weight excluding hydrogens is 430 g/mol. The molecule has 170 valence electrons. The van der Waals surface area contributed by atoms with Crippen molar-refractivity contribution >= 4 is 40.3 Å². The van der Waals surface area contributed by atoms with Gasteiger partial charge in [-0.1, -0.05) is 13.8 Å². The largest absolute Gasteiger partial charge is 0.454 e. The van der Waals surface area contributed by atoms with Crippen molar-refractivity contribution in [2.24, 2.45) is 5.92 Å². The summed E-state index contributed by atoms with van der Waals surface area (Å²) in [6.45, 7) is 5.38. The van der Waals surface area contributed by atoms with Gasteiger partial charge in [-0.25, -0.2) is 15.0 Å². The van der Waals surface area contributed by atoms with Gasteiger partial charge < -0.3 is 30.0 Å². The van der Waals surface area contributed by atoms with Crippen molar-refractivity contribution in [3.8, 4) is 11.5 Å². The van der Waals surface area contributed by atoms with Crippen LogP contribution in [0.15, 0.2) is 28.5 Å². The molecule has 0 fully saturated rings. The van der Waals surface area contributed by atoms with Crippen LogP contribution in [0.25, 0.3) is 11.2 Å². The first-order chi connectivity index (χ1) is 15.3. The van der Waals surface area contributed by atoms with Crippen LogP contribution in [0.2, 0.25) is 0 Å². The van der Waals surface area contributed by atoms with E-state index in [0.29, 0.717) is 59.1 Å². The Bertz CT molecular complexity index is 1150. The van der Waals surface area contributed by atoms with E-state index in [-0.39, 0.29) is 12.7 Å². The molecule has 11 heteroatoms. The Kier molecular flexibility index (Phi) is 6.26. The zero-order valence-electron chi connectivity index (χ0n) is 18.6. The fourth-order valence-electron chi connectivity index (χ4n) is 3.28. The normalized spacial score (nSPS) is 12.5. The van der Waals surface area contributed by atoms with Gasteiger partial charge in [-0.2, -0.15) is 0 Å². The SMILES string of the molecule is CC(C)CNC(=O)CCn1c(Sc2cc3c(cc2N(C)C)OCO3)nc2c(N)ncnc21. The number of nitrogens with zero attached hydrogens (tertiary/aromatic N) is 5. The van der Waals surface area contributed by atoms with Gasteiger partial charge in [-0.05, 0) is 17.7 Å². The summed E-state index contributed by atoms with van der Waals surface area (Å²) in [5.74, 6) is 2.08. The maximum Gasteiger partial charge on any atom is 0.231 e. The van der Waals surface area contributed by atoms with E-state index in [9.17, 15) is 4.79 Å². The summed E-state index contributed by atoms with van der Waals surface area (Å²) in [4.78, 5) is 28.4. The Labute approximate surface area is 190 Å². The average Bonchev–Trinajstić information content (AvgIpc) is 3.34. The Morgan fingerprint density at radius 1 is 1.28 bits per heavy atom. The third-order valence-electron chi connectivity index (χ3n) is 4.93. The quantitative estimate of drug-likeness (QED) is 0.525. The number of ether oxygens (including phenoxy) is 2. The number of fused-ring (bicyclic) bond motifs is 2. The zero-order chi connectivity index (χ0) is 22.8. The highest BCUT2D eigenvalue weighted by Gasteiger charge is 2.22. The van der Waals surface area contributed by atoms with Crippen LogP contribution in [-0.4, -0.2) is 52.9 Å². The van der Waals surface area contributed by atoms with Gasteiger partial charge >= 0.3 is 0 Å². The van der Waals surface area contributed by atoms with Gasteiger partial charge in [0.05, 0.1) is 5.69 Å². The summed E-state index contributed by atoms with van der Waals surface area (Å²) in [5.41, 5.74) is 8.14. The summed E-state index contributed by atoms with van der Waals surface area (Å²) in [6, 6.07) is 3.89. The summed E-state index contributed by atoms with van der Waals surface area (Å²) in [6.07, 6.45) is 1.71. The van der Waals surface area contributed by atoms with Crippen molar-refractivity contribution in [1.82, 2.24) is 24.8 Å². The van der Waals surface area contributed by atoms with Crippen LogP contribution in [0.3, 0.4) is 0 Å². The molecule has 3 N–H and O–H groups in total. The maximum atomic E-state index is 12.3. The molecule has 0 saturated heterocycles. The zero-order valence-corrected chi connectivity index (χ0v) is 19.4. The van der Waals surface area contributed by atoms with Gasteiger partial charge in [-0.3, -0.25) is 4.79 Å². The molecule has 0 unspecified atom stereocenters. The third kappa shape index (κ3) is 4.52. The predicted molar refractivity (Wildman–Crippen MR) is 123 cm³/mol. The van der Waals surface area contributed by atoms with Crippen LogP contribution in [0, 0.1) is 5.92 Å². The van der Waals surface area contributed by atoms with Crippen LogP contribution in [0.1, 0.15) is 20.3 Å². The van der Waals surface area contributed by atoms with E-state index in [1.165, 1.54) is 18.1 Å². The molecule has 0 aliphatic carbocycles. The molecular formula is C21H27N7O3S. The number of nitrogens with two attached hydrogens (primary N) is 1. The molecule has 1 amide bonds. The standard InChI is InChI=1S/C21H27N7O3S/c1-12(2)9-23-17(29)5-6-28-20-18(19(22)24-10-25-20)26-21(28)32-16-8-15-14(30-11-31-15)7-13(16)27(3)4/h7-8,10,12H,5-6,9,11H2,1-4H3,(H,23,29)(H2,22,24,25). The van der Waals surface area contributed by atoms with Crippen molar-refractivity contribution in [3.63, 3.8) is 0 Å². The molecule has 10 nitrogen and oxygen atoms in total. The number of anilines is 2. The second-order valence-corrected chi connectivity index (χ2v) is 9.10. The summed E-state index contributed by atoms with van der Waals surface area (Å²) < 4.78 is 13.0. The van der Waals surface area contributed by atoms with Crippen LogP contribution >= 0.6 is 11.8 Å². The number of amides is 1. The van der Waals surface area contributed by atoms with E-state index in [2.05, 4.69) is 29.1 Å². The summed E-state index contributed by atoms with van der Waals surface area (Å²) in [7, 11) is 3.93. The predicted octanol–water partition coefficient (Wildman–Crippen LogP) is 2.52. The molecule has 1 aromatic carbocycles. The number of hydrogen-bond donors (Lipinski definition) is 2. The van der Waals surface area contributed by atoms with Crippen molar-refractivity contribution in [2.75, 3.05) is 38.1 Å². The highest BCUT2D eigenvalue weighted by molar-refractivity contribution is 7.99. The molecule has 2 aromatic heterocycles. The smallest absolute Gasteiger partial charge is 0.231 e. The average molecular weight is 458 g/mol. The lowest BCUT2D eigenvalue weighted by atomic mass is 10.2. The third-order valence-corrected chi connectivity index (χ3v) is 5.97. The first-order valence-electron chi connectivity index (χ1n) is 10.4. The monoisotopic (exact) mass is 457 g/mol. The highest BCUT2D eigenvalue weighted by atomic mass is 32.2. The van der Waals surface area contributed by atoms with E-state index in [4.69, 9.17) is 20.2 Å². The van der Waals surface area contributed by atoms with E-state index in [0.717, 1.165) is 10.6 Å². The molecule has 0 bridgehead atoms. The van der Waals surface area contributed by atoms with Gasteiger partial charge in [0.15, 0.2) is 33.6 Å². The van der Waals surface area contributed by atoms with Gasteiger partial charge in [0.25, 0.3) is 0 Å². The fraction of sp³-hybridized carbons (Fsp3) is 0.429. The fourth-order valence-corrected chi connectivity index (χ4v) is 4.41. The molecule has 0 spiro atoms. The second-order valence-electron chi connectivity index (χ2n) is 8.09. The molecule has 3 heterocycles. The molecule has 0 atom stereocenters. The van der Waals surface area contributed by atoms with Crippen molar-refractivity contribution < 1.29 is 14.3 Å². The molecule has 0 saturated carbocycles. The number of aryl methyl sites for hydroxylation is 1. The molecule has 32 heavy (non-hydrogen) atoms. The number of carbonyl (C=O) groups is 1. The molecule has 3 aromatic rings. The Balaban J connectivity index is 1.68. The number of hydrogen-bond acceptors (Lipinski definition) is 9. The van der Waals surface area contributed by atoms with E-state index in [1.54, 1.807) is 0 Å². The lowest BCUT2D eigenvalue weighted by molar-refractivity contribution is -0.121. The molecule has 4 rings (SSSR count).